The molecule has 27 heavy (non-hydrogen) atoms. The van der Waals surface area contributed by atoms with Gasteiger partial charge in [-0.3, -0.25) is 9.59 Å². The number of anilines is 2. The molecule has 4 rings (SSSR count). The summed E-state index contributed by atoms with van der Waals surface area (Å²) in [6.07, 6.45) is 0. The summed E-state index contributed by atoms with van der Waals surface area (Å²) in [5.74, 6) is 0.154. The van der Waals surface area contributed by atoms with E-state index < -0.39 is 5.91 Å². The molecule has 0 atom stereocenters. The Kier molecular flexibility index (Phi) is 4.29. The van der Waals surface area contributed by atoms with E-state index in [2.05, 4.69) is 15.8 Å². The molecule has 1 aliphatic rings. The van der Waals surface area contributed by atoms with Crippen LogP contribution in [0.1, 0.15) is 16.1 Å². The maximum absolute atomic E-state index is 12.9. The number of ether oxygens (including phenoxy) is 1. The van der Waals surface area contributed by atoms with E-state index in [0.717, 1.165) is 5.56 Å². The van der Waals surface area contributed by atoms with Crippen molar-refractivity contribution in [1.29, 1.82) is 0 Å². The van der Waals surface area contributed by atoms with Crippen molar-refractivity contribution in [1.82, 2.24) is 5.16 Å². The van der Waals surface area contributed by atoms with Crippen molar-refractivity contribution in [3.8, 4) is 17.0 Å². The van der Waals surface area contributed by atoms with Crippen molar-refractivity contribution in [3.05, 3.63) is 58.8 Å². The topological polar surface area (TPSA) is 93.5 Å². The number of aryl methyl sites for hydroxylation is 1. The van der Waals surface area contributed by atoms with Gasteiger partial charge in [-0.15, -0.1) is 0 Å². The van der Waals surface area contributed by atoms with E-state index in [1.807, 2.05) is 30.3 Å². The molecule has 136 valence electrons. The van der Waals surface area contributed by atoms with E-state index in [-0.39, 0.29) is 17.5 Å². The predicted molar refractivity (Wildman–Crippen MR) is 100 cm³/mol. The first kappa shape index (κ1) is 17.1. The highest BCUT2D eigenvalue weighted by atomic mass is 35.5. The van der Waals surface area contributed by atoms with Crippen molar-refractivity contribution in [2.45, 2.75) is 6.92 Å². The second kappa shape index (κ2) is 6.77. The number of carbonyl (C=O) groups excluding carboxylic acids is 2. The lowest BCUT2D eigenvalue weighted by molar-refractivity contribution is -0.118. The molecule has 0 unspecified atom stereocenters. The summed E-state index contributed by atoms with van der Waals surface area (Å²) in [5.41, 5.74) is 2.35. The molecule has 2 N–H and O–H groups in total. The maximum atomic E-state index is 12.9. The van der Waals surface area contributed by atoms with Gasteiger partial charge in [0.2, 0.25) is 0 Å². The van der Waals surface area contributed by atoms with Crippen LogP contribution in [-0.4, -0.2) is 23.6 Å². The van der Waals surface area contributed by atoms with Crippen LogP contribution in [0, 0.1) is 6.92 Å². The molecule has 0 bridgehead atoms. The smallest absolute Gasteiger partial charge is 0.262 e. The summed E-state index contributed by atoms with van der Waals surface area (Å²) in [4.78, 5) is 24.3. The molecule has 8 heteroatoms. The molecule has 2 heterocycles. The van der Waals surface area contributed by atoms with Crippen molar-refractivity contribution in [2.24, 2.45) is 0 Å². The maximum Gasteiger partial charge on any atom is 0.262 e. The number of nitrogens with zero attached hydrogens (tertiary/aromatic N) is 1. The fraction of sp³-hybridized carbons (Fsp3) is 0.105. The van der Waals surface area contributed by atoms with Gasteiger partial charge in [-0.25, -0.2) is 0 Å². The molecule has 0 saturated heterocycles. The van der Waals surface area contributed by atoms with Crippen LogP contribution in [0.15, 0.2) is 47.0 Å². The van der Waals surface area contributed by atoms with Crippen molar-refractivity contribution >= 4 is 34.8 Å². The van der Waals surface area contributed by atoms with Crippen LogP contribution >= 0.6 is 11.6 Å². The highest BCUT2D eigenvalue weighted by Gasteiger charge is 2.24. The third kappa shape index (κ3) is 3.24. The zero-order chi connectivity index (χ0) is 19.0. The first-order chi connectivity index (χ1) is 13.0. The number of fused-ring (bicyclic) bond motifs is 1. The van der Waals surface area contributed by atoms with Gasteiger partial charge in [-0.05, 0) is 13.0 Å². The number of hydrogen-bond donors (Lipinski definition) is 2. The molecule has 3 aromatic rings. The highest BCUT2D eigenvalue weighted by molar-refractivity contribution is 6.34. The molecular weight excluding hydrogens is 370 g/mol. The number of rotatable bonds is 3. The molecule has 2 amide bonds. The van der Waals surface area contributed by atoms with Gasteiger partial charge in [0.05, 0.1) is 16.4 Å². The van der Waals surface area contributed by atoms with Crippen LogP contribution in [-0.2, 0) is 4.79 Å². The predicted octanol–water partition coefficient (Wildman–Crippen LogP) is 3.89. The van der Waals surface area contributed by atoms with Gasteiger partial charge in [0.25, 0.3) is 11.8 Å². The molecular formula is C19H14ClN3O4. The zero-order valence-corrected chi connectivity index (χ0v) is 15.0. The number of nitrogens with one attached hydrogen (secondary N) is 2. The van der Waals surface area contributed by atoms with E-state index in [9.17, 15) is 9.59 Å². The van der Waals surface area contributed by atoms with Gasteiger partial charge < -0.3 is 19.9 Å². The molecule has 1 aromatic heterocycles. The molecule has 0 spiro atoms. The number of amides is 2. The van der Waals surface area contributed by atoms with E-state index >= 15 is 0 Å². The molecule has 7 nitrogen and oxygen atoms in total. The minimum absolute atomic E-state index is 0.0923. The molecule has 0 aliphatic carbocycles. The van der Waals surface area contributed by atoms with Crippen LogP contribution in [0.4, 0.5) is 11.4 Å². The Morgan fingerprint density at radius 2 is 2.04 bits per heavy atom. The van der Waals surface area contributed by atoms with Gasteiger partial charge in [0, 0.05) is 11.6 Å². The molecule has 0 radical (unpaired) electrons. The number of halogens is 1. The van der Waals surface area contributed by atoms with Crippen LogP contribution in [0.25, 0.3) is 11.3 Å². The second-order valence-corrected chi connectivity index (χ2v) is 6.35. The van der Waals surface area contributed by atoms with Gasteiger partial charge >= 0.3 is 0 Å². The minimum Gasteiger partial charge on any atom is -0.482 e. The third-order valence-corrected chi connectivity index (χ3v) is 4.40. The fourth-order valence-corrected chi connectivity index (χ4v) is 3.02. The summed E-state index contributed by atoms with van der Waals surface area (Å²) in [6.45, 7) is 1.58. The average Bonchev–Trinajstić information content (AvgIpc) is 3.05. The Bertz CT molecular complexity index is 1050. The average molecular weight is 384 g/mol. The second-order valence-electron chi connectivity index (χ2n) is 5.95. The number of carbonyl (C=O) groups is 2. The monoisotopic (exact) mass is 383 g/mol. The van der Waals surface area contributed by atoms with E-state index in [0.29, 0.717) is 34.1 Å². The summed E-state index contributed by atoms with van der Waals surface area (Å²) < 4.78 is 10.6. The van der Waals surface area contributed by atoms with Crippen molar-refractivity contribution < 1.29 is 18.8 Å². The lowest BCUT2D eigenvalue weighted by atomic mass is 10.1. The summed E-state index contributed by atoms with van der Waals surface area (Å²) >= 11 is 6.25. The van der Waals surface area contributed by atoms with Gasteiger partial charge in [0.1, 0.15) is 22.8 Å². The Morgan fingerprint density at radius 3 is 2.81 bits per heavy atom. The molecule has 2 aromatic carbocycles. The number of benzene rings is 2. The van der Waals surface area contributed by atoms with E-state index in [1.54, 1.807) is 13.0 Å². The lowest BCUT2D eigenvalue weighted by Crippen LogP contribution is -2.25. The molecule has 1 aliphatic heterocycles. The lowest BCUT2D eigenvalue weighted by Gasteiger charge is -2.19. The van der Waals surface area contributed by atoms with E-state index in [4.69, 9.17) is 20.9 Å². The SMILES string of the molecule is Cc1onc(-c2ccccc2)c1C(=O)Nc1cc2c(cc1Cl)NC(=O)CO2. The largest absolute Gasteiger partial charge is 0.482 e. The van der Waals surface area contributed by atoms with Gasteiger partial charge in [-0.2, -0.15) is 0 Å². The van der Waals surface area contributed by atoms with Crippen LogP contribution in [0.2, 0.25) is 5.02 Å². The summed E-state index contributed by atoms with van der Waals surface area (Å²) in [5, 5.41) is 9.70. The minimum atomic E-state index is -0.408. The fourth-order valence-electron chi connectivity index (χ4n) is 2.81. The first-order valence-electron chi connectivity index (χ1n) is 8.12. The molecule has 0 fully saturated rings. The number of hydrogen-bond acceptors (Lipinski definition) is 5. The van der Waals surface area contributed by atoms with E-state index in [1.165, 1.54) is 6.07 Å². The van der Waals surface area contributed by atoms with Crippen molar-refractivity contribution in [3.63, 3.8) is 0 Å². The van der Waals surface area contributed by atoms with Crippen LogP contribution in [0.5, 0.6) is 5.75 Å². The Balaban J connectivity index is 1.66. The van der Waals surface area contributed by atoms with Crippen LogP contribution < -0.4 is 15.4 Å². The quantitative estimate of drug-likeness (QED) is 0.715. The third-order valence-electron chi connectivity index (χ3n) is 4.09. The summed E-state index contributed by atoms with van der Waals surface area (Å²) in [7, 11) is 0. The van der Waals surface area contributed by atoms with Gasteiger partial charge in [-0.1, -0.05) is 47.1 Å². The first-order valence-corrected chi connectivity index (χ1v) is 8.50. The van der Waals surface area contributed by atoms with Crippen LogP contribution in [0.3, 0.4) is 0 Å². The Morgan fingerprint density at radius 1 is 1.26 bits per heavy atom. The zero-order valence-electron chi connectivity index (χ0n) is 14.2. The highest BCUT2D eigenvalue weighted by Crippen LogP contribution is 2.37. The normalized spacial score (nSPS) is 12.7. The molecule has 0 saturated carbocycles. The Hall–Kier alpha value is -3.32. The summed E-state index contributed by atoms with van der Waals surface area (Å²) in [6, 6.07) is 12.4. The van der Waals surface area contributed by atoms with Gasteiger partial charge in [0.15, 0.2) is 6.61 Å². The Labute approximate surface area is 159 Å². The van der Waals surface area contributed by atoms with Crippen molar-refractivity contribution in [2.75, 3.05) is 17.2 Å². The number of aromatic nitrogens is 1. The standard InChI is InChI=1S/C19H14ClN3O4/c1-10-17(18(23-27-10)11-5-3-2-4-6-11)19(25)22-13-8-15-14(7-12(13)20)21-16(24)9-26-15/h2-8H,9H2,1H3,(H,21,24)(H,22,25).